The summed E-state index contributed by atoms with van der Waals surface area (Å²) in [6.45, 7) is 5.85. The highest BCUT2D eigenvalue weighted by Gasteiger charge is 2.21. The van der Waals surface area contributed by atoms with Crippen molar-refractivity contribution in [3.8, 4) is 11.4 Å². The Labute approximate surface area is 153 Å². The summed E-state index contributed by atoms with van der Waals surface area (Å²) in [5.41, 5.74) is 8.36. The van der Waals surface area contributed by atoms with Gasteiger partial charge in [0, 0.05) is 31.5 Å². The van der Waals surface area contributed by atoms with E-state index in [9.17, 15) is 0 Å². The molecule has 0 unspecified atom stereocenters. The van der Waals surface area contributed by atoms with Crippen LogP contribution in [0.5, 0.6) is 0 Å². The van der Waals surface area contributed by atoms with Gasteiger partial charge in [0.05, 0.1) is 23.6 Å². The van der Waals surface area contributed by atoms with Crippen LogP contribution >= 0.6 is 0 Å². The van der Waals surface area contributed by atoms with Gasteiger partial charge in [-0.3, -0.25) is 19.5 Å². The van der Waals surface area contributed by atoms with Crippen molar-refractivity contribution < 1.29 is 0 Å². The summed E-state index contributed by atoms with van der Waals surface area (Å²) >= 11 is 0. The van der Waals surface area contributed by atoms with E-state index >= 15 is 0 Å². The summed E-state index contributed by atoms with van der Waals surface area (Å²) in [5.74, 6) is 0. The number of nitrogens with zero attached hydrogens (tertiary/aromatic N) is 5. The van der Waals surface area contributed by atoms with E-state index in [0.717, 1.165) is 44.0 Å². The molecule has 132 valence electrons. The molecule has 0 bridgehead atoms. The largest absolute Gasteiger partial charge is 0.290 e. The quantitative estimate of drug-likeness (QED) is 0.732. The van der Waals surface area contributed by atoms with E-state index in [4.69, 9.17) is 10.1 Å². The Hall–Kier alpha value is -2.53. The minimum Gasteiger partial charge on any atom is -0.290 e. The molecule has 4 heterocycles. The molecule has 3 aromatic heterocycles. The van der Waals surface area contributed by atoms with Gasteiger partial charge < -0.3 is 0 Å². The molecule has 2 aliphatic rings. The van der Waals surface area contributed by atoms with Crippen molar-refractivity contribution in [1.29, 1.82) is 0 Å². The van der Waals surface area contributed by atoms with Gasteiger partial charge in [-0.05, 0) is 55.5 Å². The van der Waals surface area contributed by atoms with Gasteiger partial charge in [-0.15, -0.1) is 0 Å². The summed E-state index contributed by atoms with van der Waals surface area (Å²) in [6, 6.07) is 10.7. The second kappa shape index (κ2) is 6.32. The molecule has 0 saturated carbocycles. The molecule has 5 heteroatoms. The molecular weight excluding hydrogens is 322 g/mol. The van der Waals surface area contributed by atoms with Gasteiger partial charge in [0.1, 0.15) is 5.69 Å². The summed E-state index contributed by atoms with van der Waals surface area (Å²) in [6.07, 6.45) is 5.43. The molecule has 1 aliphatic heterocycles. The van der Waals surface area contributed by atoms with Crippen molar-refractivity contribution in [3.05, 3.63) is 64.7 Å². The van der Waals surface area contributed by atoms with Crippen LogP contribution in [0.4, 0.5) is 0 Å². The molecule has 5 nitrogen and oxygen atoms in total. The van der Waals surface area contributed by atoms with Crippen molar-refractivity contribution in [3.63, 3.8) is 0 Å². The molecule has 0 atom stereocenters. The first-order valence-corrected chi connectivity index (χ1v) is 9.45. The fraction of sp³-hybridized carbons (Fsp3) is 0.381. The lowest BCUT2D eigenvalue weighted by molar-refractivity contribution is 0.203. The standard InChI is InChI=1S/C21H23N5/c1-15-4-3-9-22-21(15)20-12-18-14-25(10-11-26(18)24-20)13-17-8-7-16-5-2-6-19(16)23-17/h3-4,7-9,12H,2,5-6,10-11,13-14H2,1H3. The predicted octanol–water partition coefficient (Wildman–Crippen LogP) is 3.15. The van der Waals surface area contributed by atoms with Gasteiger partial charge in [0.25, 0.3) is 0 Å². The number of pyridine rings is 2. The van der Waals surface area contributed by atoms with Crippen LogP contribution in [0.2, 0.25) is 0 Å². The first-order chi connectivity index (χ1) is 12.8. The van der Waals surface area contributed by atoms with E-state index in [2.05, 4.69) is 45.8 Å². The Bertz CT molecular complexity index is 959. The maximum absolute atomic E-state index is 4.89. The normalized spacial score (nSPS) is 16.5. The van der Waals surface area contributed by atoms with E-state index in [1.54, 1.807) is 0 Å². The van der Waals surface area contributed by atoms with Crippen molar-refractivity contribution in [1.82, 2.24) is 24.6 Å². The number of hydrogen-bond donors (Lipinski definition) is 0. The summed E-state index contributed by atoms with van der Waals surface area (Å²) in [5, 5.41) is 4.78. The second-order valence-corrected chi connectivity index (χ2v) is 7.39. The summed E-state index contributed by atoms with van der Waals surface area (Å²) < 4.78 is 2.13. The van der Waals surface area contributed by atoms with Crippen molar-refractivity contribution in [2.75, 3.05) is 6.54 Å². The molecule has 3 aromatic rings. The van der Waals surface area contributed by atoms with Gasteiger partial charge in [0.15, 0.2) is 0 Å². The van der Waals surface area contributed by atoms with Gasteiger partial charge in [0.2, 0.25) is 0 Å². The number of fused-ring (bicyclic) bond motifs is 2. The predicted molar refractivity (Wildman–Crippen MR) is 101 cm³/mol. The van der Waals surface area contributed by atoms with Crippen LogP contribution < -0.4 is 0 Å². The maximum Gasteiger partial charge on any atom is 0.111 e. The summed E-state index contributed by atoms with van der Waals surface area (Å²) in [7, 11) is 0. The minimum absolute atomic E-state index is 0.913. The van der Waals surface area contributed by atoms with Crippen molar-refractivity contribution >= 4 is 0 Å². The SMILES string of the molecule is Cc1cccnc1-c1cc2n(n1)CCN(Cc1ccc3c(n1)CCC3)C2. The Kier molecular flexibility index (Phi) is 3.82. The van der Waals surface area contributed by atoms with Crippen molar-refractivity contribution in [2.45, 2.75) is 45.8 Å². The van der Waals surface area contributed by atoms with E-state index in [1.807, 2.05) is 12.3 Å². The zero-order valence-electron chi connectivity index (χ0n) is 15.1. The average molecular weight is 345 g/mol. The zero-order chi connectivity index (χ0) is 17.5. The topological polar surface area (TPSA) is 46.8 Å². The van der Waals surface area contributed by atoms with Crippen LogP contribution in [0.15, 0.2) is 36.5 Å². The van der Waals surface area contributed by atoms with Crippen LogP contribution in [0.1, 0.15) is 34.6 Å². The fourth-order valence-electron chi connectivity index (χ4n) is 4.11. The van der Waals surface area contributed by atoms with Gasteiger partial charge in [-0.2, -0.15) is 5.10 Å². The lowest BCUT2D eigenvalue weighted by atomic mass is 10.1. The second-order valence-electron chi connectivity index (χ2n) is 7.39. The lowest BCUT2D eigenvalue weighted by Gasteiger charge is -2.27. The fourth-order valence-corrected chi connectivity index (χ4v) is 4.11. The van der Waals surface area contributed by atoms with E-state index < -0.39 is 0 Å². The van der Waals surface area contributed by atoms with Crippen LogP contribution in [0, 0.1) is 6.92 Å². The highest BCUT2D eigenvalue weighted by Crippen LogP contribution is 2.24. The molecule has 0 radical (unpaired) electrons. The first-order valence-electron chi connectivity index (χ1n) is 9.45. The Morgan fingerprint density at radius 3 is 3.00 bits per heavy atom. The third-order valence-electron chi connectivity index (χ3n) is 5.50. The Morgan fingerprint density at radius 2 is 2.08 bits per heavy atom. The lowest BCUT2D eigenvalue weighted by Crippen LogP contribution is -2.33. The Morgan fingerprint density at radius 1 is 1.12 bits per heavy atom. The number of aromatic nitrogens is 4. The summed E-state index contributed by atoms with van der Waals surface area (Å²) in [4.78, 5) is 11.9. The molecule has 1 aliphatic carbocycles. The zero-order valence-corrected chi connectivity index (χ0v) is 15.1. The number of rotatable bonds is 3. The molecule has 0 spiro atoms. The minimum atomic E-state index is 0.913. The third kappa shape index (κ3) is 2.82. The molecule has 0 aromatic carbocycles. The molecule has 0 N–H and O–H groups in total. The van der Waals surface area contributed by atoms with Gasteiger partial charge in [-0.25, -0.2) is 0 Å². The van der Waals surface area contributed by atoms with E-state index in [0.29, 0.717) is 0 Å². The molecule has 26 heavy (non-hydrogen) atoms. The molecule has 0 fully saturated rings. The van der Waals surface area contributed by atoms with Crippen LogP contribution in [-0.4, -0.2) is 31.2 Å². The van der Waals surface area contributed by atoms with Gasteiger partial charge in [-0.1, -0.05) is 12.1 Å². The highest BCUT2D eigenvalue weighted by atomic mass is 15.3. The smallest absolute Gasteiger partial charge is 0.111 e. The van der Waals surface area contributed by atoms with Crippen LogP contribution in [-0.2, 0) is 32.5 Å². The monoisotopic (exact) mass is 345 g/mol. The van der Waals surface area contributed by atoms with Crippen LogP contribution in [0.3, 0.4) is 0 Å². The molecule has 5 rings (SSSR count). The molecular formula is C21H23N5. The van der Waals surface area contributed by atoms with Gasteiger partial charge >= 0.3 is 0 Å². The maximum atomic E-state index is 4.89. The molecule has 0 amide bonds. The highest BCUT2D eigenvalue weighted by molar-refractivity contribution is 5.58. The third-order valence-corrected chi connectivity index (χ3v) is 5.50. The van der Waals surface area contributed by atoms with E-state index in [-0.39, 0.29) is 0 Å². The molecule has 0 saturated heterocycles. The van der Waals surface area contributed by atoms with Crippen LogP contribution in [0.25, 0.3) is 11.4 Å². The Balaban J connectivity index is 1.35. The average Bonchev–Trinajstić information content (AvgIpc) is 3.27. The van der Waals surface area contributed by atoms with Crippen molar-refractivity contribution in [2.24, 2.45) is 0 Å². The van der Waals surface area contributed by atoms with E-state index in [1.165, 1.54) is 41.1 Å². The first kappa shape index (κ1) is 15.7. The number of hydrogen-bond acceptors (Lipinski definition) is 4. The number of aryl methyl sites for hydroxylation is 3.